The molecule has 0 amide bonds. The zero-order chi connectivity index (χ0) is 18.5. The van der Waals surface area contributed by atoms with E-state index in [4.69, 9.17) is 11.6 Å². The fourth-order valence-corrected chi connectivity index (χ4v) is 2.91. The van der Waals surface area contributed by atoms with Gasteiger partial charge in [-0.3, -0.25) is 4.79 Å². The van der Waals surface area contributed by atoms with Crippen molar-refractivity contribution in [3.8, 4) is 17.1 Å². The molecule has 134 valence electrons. The van der Waals surface area contributed by atoms with Crippen molar-refractivity contribution in [3.05, 3.63) is 65.4 Å². The Morgan fingerprint density at radius 1 is 1.15 bits per heavy atom. The molecular formula is C20H20ClN3O2. The van der Waals surface area contributed by atoms with Gasteiger partial charge in [0.25, 0.3) is 0 Å². The first-order chi connectivity index (χ1) is 12.6. The van der Waals surface area contributed by atoms with Gasteiger partial charge in [-0.15, -0.1) is 5.10 Å². The minimum Gasteiger partial charge on any atom is -0.481 e. The number of nitrogens with zero attached hydrogens (tertiary/aromatic N) is 3. The molecule has 6 heteroatoms. The Morgan fingerprint density at radius 3 is 2.46 bits per heavy atom. The Morgan fingerprint density at radius 2 is 1.85 bits per heavy atom. The standard InChI is InChI=1S/C20H20ClN3O2/c1-2-3-9-17(20(25)26)18-22-19(14-10-12-15(21)13-11-14)24(23-18)16-7-5-4-6-8-16/h4-8,10-13,17H,2-3,9H2,1H3,(H,25,26)/t17-/m0/s1. The predicted octanol–water partition coefficient (Wildman–Crippen LogP) is 4.95. The lowest BCUT2D eigenvalue weighted by atomic mass is 10.0. The van der Waals surface area contributed by atoms with Gasteiger partial charge in [-0.25, -0.2) is 9.67 Å². The molecule has 1 atom stereocenters. The number of para-hydroxylation sites is 1. The van der Waals surface area contributed by atoms with Gasteiger partial charge in [0, 0.05) is 10.6 Å². The molecule has 2 aromatic carbocycles. The minimum absolute atomic E-state index is 0.333. The van der Waals surface area contributed by atoms with Crippen molar-refractivity contribution in [1.29, 1.82) is 0 Å². The Hall–Kier alpha value is -2.66. The van der Waals surface area contributed by atoms with Crippen molar-refractivity contribution in [2.24, 2.45) is 0 Å². The smallest absolute Gasteiger partial charge is 0.314 e. The van der Waals surface area contributed by atoms with Crippen LogP contribution in [0.4, 0.5) is 0 Å². The highest BCUT2D eigenvalue weighted by Gasteiger charge is 2.26. The molecular weight excluding hydrogens is 350 g/mol. The van der Waals surface area contributed by atoms with Gasteiger partial charge in [-0.05, 0) is 42.8 Å². The molecule has 1 heterocycles. The Bertz CT molecular complexity index is 876. The van der Waals surface area contributed by atoms with Crippen molar-refractivity contribution in [2.45, 2.75) is 32.1 Å². The van der Waals surface area contributed by atoms with Crippen LogP contribution in [0.5, 0.6) is 0 Å². The third kappa shape index (κ3) is 3.94. The van der Waals surface area contributed by atoms with Crippen LogP contribution in [0.2, 0.25) is 5.02 Å². The molecule has 0 aliphatic carbocycles. The van der Waals surface area contributed by atoms with Crippen LogP contribution >= 0.6 is 11.6 Å². The third-order valence-corrected chi connectivity index (χ3v) is 4.43. The maximum Gasteiger partial charge on any atom is 0.314 e. The summed E-state index contributed by atoms with van der Waals surface area (Å²) < 4.78 is 1.69. The van der Waals surface area contributed by atoms with Gasteiger partial charge in [0.15, 0.2) is 11.6 Å². The highest BCUT2D eigenvalue weighted by molar-refractivity contribution is 6.30. The number of rotatable bonds is 7. The number of carboxylic acid groups (broad SMARTS) is 1. The van der Waals surface area contributed by atoms with Gasteiger partial charge in [-0.1, -0.05) is 49.6 Å². The summed E-state index contributed by atoms with van der Waals surface area (Å²) in [6.07, 6.45) is 2.25. The molecule has 0 saturated heterocycles. The number of aliphatic carboxylic acids is 1. The quantitative estimate of drug-likeness (QED) is 0.640. The van der Waals surface area contributed by atoms with E-state index in [9.17, 15) is 9.90 Å². The van der Waals surface area contributed by atoms with Crippen LogP contribution in [0.15, 0.2) is 54.6 Å². The fourth-order valence-electron chi connectivity index (χ4n) is 2.78. The summed E-state index contributed by atoms with van der Waals surface area (Å²) in [4.78, 5) is 16.3. The Labute approximate surface area is 157 Å². The van der Waals surface area contributed by atoms with Crippen LogP contribution < -0.4 is 0 Å². The number of carboxylic acids is 1. The first-order valence-electron chi connectivity index (χ1n) is 8.61. The molecule has 0 unspecified atom stereocenters. The van der Waals surface area contributed by atoms with E-state index in [0.29, 0.717) is 23.1 Å². The molecule has 3 aromatic rings. The normalized spacial score (nSPS) is 12.1. The second kappa shape index (κ2) is 8.15. The molecule has 0 aliphatic heterocycles. The van der Waals surface area contributed by atoms with Crippen molar-refractivity contribution in [1.82, 2.24) is 14.8 Å². The topological polar surface area (TPSA) is 68.0 Å². The van der Waals surface area contributed by atoms with Gasteiger partial charge < -0.3 is 5.11 Å². The van der Waals surface area contributed by atoms with Crippen LogP contribution in [0, 0.1) is 0 Å². The number of unbranched alkanes of at least 4 members (excludes halogenated alkanes) is 1. The van der Waals surface area contributed by atoms with Crippen molar-refractivity contribution in [2.75, 3.05) is 0 Å². The molecule has 0 spiro atoms. The molecule has 3 rings (SSSR count). The summed E-state index contributed by atoms with van der Waals surface area (Å²) in [6, 6.07) is 16.9. The maximum atomic E-state index is 11.7. The summed E-state index contributed by atoms with van der Waals surface area (Å²) in [5, 5.41) is 14.8. The maximum absolute atomic E-state index is 11.7. The molecule has 0 saturated carbocycles. The van der Waals surface area contributed by atoms with Gasteiger partial charge in [-0.2, -0.15) is 0 Å². The van der Waals surface area contributed by atoms with Crippen LogP contribution in [-0.2, 0) is 4.79 Å². The lowest BCUT2D eigenvalue weighted by Gasteiger charge is -2.07. The van der Waals surface area contributed by atoms with E-state index in [1.54, 1.807) is 16.8 Å². The number of hydrogen-bond acceptors (Lipinski definition) is 3. The lowest BCUT2D eigenvalue weighted by Crippen LogP contribution is -2.13. The molecule has 1 N–H and O–H groups in total. The molecule has 0 radical (unpaired) electrons. The predicted molar refractivity (Wildman–Crippen MR) is 102 cm³/mol. The summed E-state index contributed by atoms with van der Waals surface area (Å²) in [5.74, 6) is -0.678. The molecule has 0 fully saturated rings. The summed E-state index contributed by atoms with van der Waals surface area (Å²) in [6.45, 7) is 2.04. The molecule has 0 aliphatic rings. The average Bonchev–Trinajstić information content (AvgIpc) is 3.08. The third-order valence-electron chi connectivity index (χ3n) is 4.18. The van der Waals surface area contributed by atoms with Gasteiger partial charge in [0.2, 0.25) is 0 Å². The van der Waals surface area contributed by atoms with Crippen molar-refractivity contribution in [3.63, 3.8) is 0 Å². The molecule has 1 aromatic heterocycles. The SMILES string of the molecule is CCCC[C@H](C(=O)O)c1nc(-c2ccc(Cl)cc2)n(-c2ccccc2)n1. The Kier molecular flexibility index (Phi) is 5.68. The van der Waals surface area contributed by atoms with E-state index in [-0.39, 0.29) is 0 Å². The largest absolute Gasteiger partial charge is 0.481 e. The summed E-state index contributed by atoms with van der Waals surface area (Å²) >= 11 is 5.99. The van der Waals surface area contributed by atoms with Gasteiger partial charge in [0.05, 0.1) is 5.69 Å². The van der Waals surface area contributed by atoms with E-state index in [0.717, 1.165) is 24.1 Å². The van der Waals surface area contributed by atoms with E-state index in [2.05, 4.69) is 10.1 Å². The van der Waals surface area contributed by atoms with Crippen LogP contribution in [0.1, 0.15) is 37.9 Å². The highest BCUT2D eigenvalue weighted by Crippen LogP contribution is 2.27. The number of aromatic nitrogens is 3. The monoisotopic (exact) mass is 369 g/mol. The number of benzene rings is 2. The first-order valence-corrected chi connectivity index (χ1v) is 8.99. The summed E-state index contributed by atoms with van der Waals surface area (Å²) in [5.41, 5.74) is 1.66. The Balaban J connectivity index is 2.10. The van der Waals surface area contributed by atoms with E-state index >= 15 is 0 Å². The first kappa shape index (κ1) is 18.1. The van der Waals surface area contributed by atoms with Gasteiger partial charge in [0.1, 0.15) is 5.92 Å². The summed E-state index contributed by atoms with van der Waals surface area (Å²) in [7, 11) is 0. The van der Waals surface area contributed by atoms with Crippen LogP contribution in [-0.4, -0.2) is 25.8 Å². The van der Waals surface area contributed by atoms with Crippen LogP contribution in [0.25, 0.3) is 17.1 Å². The highest BCUT2D eigenvalue weighted by atomic mass is 35.5. The molecule has 0 bridgehead atoms. The van der Waals surface area contributed by atoms with E-state index in [1.165, 1.54) is 0 Å². The fraction of sp³-hybridized carbons (Fsp3) is 0.250. The number of carbonyl (C=O) groups is 1. The lowest BCUT2D eigenvalue weighted by molar-refractivity contribution is -0.139. The average molecular weight is 370 g/mol. The second-order valence-corrected chi connectivity index (χ2v) is 6.52. The minimum atomic E-state index is -0.897. The molecule has 5 nitrogen and oxygen atoms in total. The molecule has 26 heavy (non-hydrogen) atoms. The van der Waals surface area contributed by atoms with E-state index in [1.807, 2.05) is 49.4 Å². The second-order valence-electron chi connectivity index (χ2n) is 6.08. The number of hydrogen-bond donors (Lipinski definition) is 1. The zero-order valence-corrected chi connectivity index (χ0v) is 15.2. The zero-order valence-electron chi connectivity index (χ0n) is 14.5. The number of halogens is 1. The van der Waals surface area contributed by atoms with Gasteiger partial charge >= 0.3 is 5.97 Å². The van der Waals surface area contributed by atoms with Crippen LogP contribution in [0.3, 0.4) is 0 Å². The van der Waals surface area contributed by atoms with Crippen molar-refractivity contribution < 1.29 is 9.90 Å². The van der Waals surface area contributed by atoms with Crippen molar-refractivity contribution >= 4 is 17.6 Å². The van der Waals surface area contributed by atoms with E-state index < -0.39 is 11.9 Å².